The highest BCUT2D eigenvalue weighted by atomic mass is 16.1. The molecule has 1 aliphatic carbocycles. The van der Waals surface area contributed by atoms with Crippen LogP contribution in [0.4, 0.5) is 0 Å². The number of rotatable bonds is 2. The zero-order valence-corrected chi connectivity index (χ0v) is 11.5. The third-order valence-electron chi connectivity index (χ3n) is 4.67. The van der Waals surface area contributed by atoms with Crippen molar-refractivity contribution in [1.82, 2.24) is 20.0 Å². The van der Waals surface area contributed by atoms with E-state index in [2.05, 4.69) is 15.6 Å². The Labute approximate surface area is 117 Å². The van der Waals surface area contributed by atoms with Crippen molar-refractivity contribution in [3.63, 3.8) is 0 Å². The molecule has 4 rings (SSSR count). The Morgan fingerprint density at radius 3 is 3.15 bits per heavy atom. The summed E-state index contributed by atoms with van der Waals surface area (Å²) in [5, 5.41) is 6.61. The van der Waals surface area contributed by atoms with Crippen LogP contribution in [-0.4, -0.2) is 33.9 Å². The lowest BCUT2D eigenvalue weighted by molar-refractivity contribution is 0.0920. The summed E-state index contributed by atoms with van der Waals surface area (Å²) in [6.45, 7) is 3.07. The van der Waals surface area contributed by atoms with Gasteiger partial charge in [-0.05, 0) is 43.4 Å². The fraction of sp³-hybridized carbons (Fsp3) is 0.467. The molecule has 5 nitrogen and oxygen atoms in total. The maximum absolute atomic E-state index is 12.4. The van der Waals surface area contributed by atoms with Crippen LogP contribution in [0.25, 0.3) is 5.52 Å². The molecule has 2 aromatic heterocycles. The van der Waals surface area contributed by atoms with Gasteiger partial charge < -0.3 is 15.0 Å². The Bertz CT molecular complexity index is 678. The predicted octanol–water partition coefficient (Wildman–Crippen LogP) is 1.12. The number of nitrogens with zero attached hydrogens (tertiary/aromatic N) is 2. The van der Waals surface area contributed by atoms with Crippen LogP contribution in [0.3, 0.4) is 0 Å². The summed E-state index contributed by atoms with van der Waals surface area (Å²) in [7, 11) is 0. The van der Waals surface area contributed by atoms with Gasteiger partial charge in [0.2, 0.25) is 0 Å². The molecule has 20 heavy (non-hydrogen) atoms. The summed E-state index contributed by atoms with van der Waals surface area (Å²) in [4.78, 5) is 16.6. The van der Waals surface area contributed by atoms with E-state index in [4.69, 9.17) is 0 Å². The first kappa shape index (κ1) is 11.9. The van der Waals surface area contributed by atoms with Crippen molar-refractivity contribution in [3.05, 3.63) is 35.9 Å². The minimum Gasteiger partial charge on any atom is -0.348 e. The molecule has 2 aromatic rings. The van der Waals surface area contributed by atoms with Crippen molar-refractivity contribution >= 4 is 11.4 Å². The quantitative estimate of drug-likeness (QED) is 0.860. The summed E-state index contributed by atoms with van der Waals surface area (Å²) < 4.78 is 1.94. The van der Waals surface area contributed by atoms with E-state index in [1.807, 2.05) is 29.7 Å². The molecule has 3 heterocycles. The van der Waals surface area contributed by atoms with Crippen LogP contribution in [0.15, 0.2) is 24.7 Å². The summed E-state index contributed by atoms with van der Waals surface area (Å²) in [6, 6.07) is 4.80. The van der Waals surface area contributed by atoms with Crippen molar-refractivity contribution in [2.24, 2.45) is 5.92 Å². The highest BCUT2D eigenvalue weighted by Gasteiger charge is 2.40. The second-order valence-electron chi connectivity index (χ2n) is 5.98. The van der Waals surface area contributed by atoms with Crippen LogP contribution >= 0.6 is 0 Å². The van der Waals surface area contributed by atoms with Crippen LogP contribution < -0.4 is 10.6 Å². The molecule has 2 bridgehead atoms. The topological polar surface area (TPSA) is 58.4 Å². The number of carbonyl (C=O) groups excluding carboxylic acids is 1. The molecule has 5 heteroatoms. The monoisotopic (exact) mass is 270 g/mol. The smallest absolute Gasteiger partial charge is 0.270 e. The Morgan fingerprint density at radius 1 is 1.50 bits per heavy atom. The first-order valence-electron chi connectivity index (χ1n) is 7.18. The molecule has 1 saturated carbocycles. The summed E-state index contributed by atoms with van der Waals surface area (Å²) in [5.74, 6) is 0.536. The number of carbonyl (C=O) groups is 1. The van der Waals surface area contributed by atoms with Gasteiger partial charge in [0.15, 0.2) is 0 Å². The molecular weight excluding hydrogens is 252 g/mol. The molecule has 1 aliphatic heterocycles. The van der Waals surface area contributed by atoms with Crippen molar-refractivity contribution in [2.75, 3.05) is 6.54 Å². The number of nitrogens with one attached hydrogen (secondary N) is 2. The van der Waals surface area contributed by atoms with E-state index in [0.29, 0.717) is 23.7 Å². The zero-order chi connectivity index (χ0) is 13.7. The van der Waals surface area contributed by atoms with Gasteiger partial charge in [0.05, 0.1) is 11.8 Å². The number of amides is 1. The molecule has 2 N–H and O–H groups in total. The van der Waals surface area contributed by atoms with Crippen molar-refractivity contribution in [3.8, 4) is 0 Å². The van der Waals surface area contributed by atoms with Gasteiger partial charge in [0.25, 0.3) is 5.91 Å². The largest absolute Gasteiger partial charge is 0.348 e. The number of hydrogen-bond donors (Lipinski definition) is 2. The lowest BCUT2D eigenvalue weighted by Gasteiger charge is -2.23. The van der Waals surface area contributed by atoms with Crippen LogP contribution in [0.5, 0.6) is 0 Å². The third kappa shape index (κ3) is 1.81. The molecule has 1 saturated heterocycles. The van der Waals surface area contributed by atoms with E-state index < -0.39 is 0 Å². The van der Waals surface area contributed by atoms with Gasteiger partial charge >= 0.3 is 0 Å². The van der Waals surface area contributed by atoms with Gasteiger partial charge in [-0.3, -0.25) is 4.79 Å². The molecule has 3 unspecified atom stereocenters. The van der Waals surface area contributed by atoms with Gasteiger partial charge in [-0.2, -0.15) is 0 Å². The lowest BCUT2D eigenvalue weighted by atomic mass is 10.0. The standard InChI is InChI=1S/C15H18N4O/c1-9-2-3-19-8-17-13(6-14(9)19)15(20)18-12-5-11-4-10(12)7-16-11/h2-3,6,8,10-12,16H,4-5,7H2,1H3,(H,18,20). The van der Waals surface area contributed by atoms with E-state index in [1.165, 1.54) is 6.42 Å². The van der Waals surface area contributed by atoms with Crippen LogP contribution in [0.1, 0.15) is 28.9 Å². The lowest BCUT2D eigenvalue weighted by Crippen LogP contribution is -2.44. The summed E-state index contributed by atoms with van der Waals surface area (Å²) in [5.41, 5.74) is 2.71. The molecule has 2 fully saturated rings. The number of hydrogen-bond acceptors (Lipinski definition) is 3. The average Bonchev–Trinajstić information content (AvgIpc) is 3.15. The minimum atomic E-state index is -0.0503. The number of aromatic nitrogens is 2. The molecular formula is C15H18N4O. The Kier molecular flexibility index (Phi) is 2.57. The van der Waals surface area contributed by atoms with Gasteiger partial charge in [-0.25, -0.2) is 4.98 Å². The summed E-state index contributed by atoms with van der Waals surface area (Å²) >= 11 is 0. The Balaban J connectivity index is 1.56. The van der Waals surface area contributed by atoms with E-state index in [1.54, 1.807) is 6.33 Å². The van der Waals surface area contributed by atoms with Crippen LogP contribution in [0.2, 0.25) is 0 Å². The highest BCUT2D eigenvalue weighted by molar-refractivity contribution is 5.93. The van der Waals surface area contributed by atoms with Gasteiger partial charge in [0, 0.05) is 24.8 Å². The van der Waals surface area contributed by atoms with Gasteiger partial charge in [-0.15, -0.1) is 0 Å². The second kappa shape index (κ2) is 4.31. The zero-order valence-electron chi connectivity index (χ0n) is 11.5. The van der Waals surface area contributed by atoms with Crippen molar-refractivity contribution < 1.29 is 4.79 Å². The van der Waals surface area contributed by atoms with E-state index in [9.17, 15) is 4.79 Å². The fourth-order valence-electron chi connectivity index (χ4n) is 3.52. The van der Waals surface area contributed by atoms with Gasteiger partial charge in [-0.1, -0.05) is 0 Å². The normalized spacial score (nSPS) is 28.1. The first-order chi connectivity index (χ1) is 9.70. The highest BCUT2D eigenvalue weighted by Crippen LogP contribution is 2.31. The molecule has 0 radical (unpaired) electrons. The molecule has 1 amide bonds. The van der Waals surface area contributed by atoms with E-state index >= 15 is 0 Å². The SMILES string of the molecule is Cc1ccn2cnc(C(=O)NC3CC4CC3CN4)cc12. The fourth-order valence-corrected chi connectivity index (χ4v) is 3.52. The molecule has 3 atom stereocenters. The Hall–Kier alpha value is -1.88. The van der Waals surface area contributed by atoms with E-state index in [0.717, 1.165) is 24.0 Å². The van der Waals surface area contributed by atoms with Crippen LogP contribution in [0, 0.1) is 12.8 Å². The first-order valence-corrected chi connectivity index (χ1v) is 7.18. The molecule has 0 spiro atoms. The van der Waals surface area contributed by atoms with Crippen molar-refractivity contribution in [2.45, 2.75) is 31.8 Å². The van der Waals surface area contributed by atoms with Crippen LogP contribution in [-0.2, 0) is 0 Å². The number of aryl methyl sites for hydroxylation is 1. The molecule has 2 aliphatic rings. The summed E-state index contributed by atoms with van der Waals surface area (Å²) in [6.07, 6.45) is 5.90. The van der Waals surface area contributed by atoms with Crippen molar-refractivity contribution in [1.29, 1.82) is 0 Å². The predicted molar refractivity (Wildman–Crippen MR) is 75.7 cm³/mol. The molecule has 104 valence electrons. The minimum absolute atomic E-state index is 0.0503. The van der Waals surface area contributed by atoms with E-state index in [-0.39, 0.29) is 5.91 Å². The number of fused-ring (bicyclic) bond motifs is 3. The Morgan fingerprint density at radius 2 is 2.40 bits per heavy atom. The maximum atomic E-state index is 12.4. The maximum Gasteiger partial charge on any atom is 0.270 e. The molecule has 0 aromatic carbocycles. The van der Waals surface area contributed by atoms with Gasteiger partial charge in [0.1, 0.15) is 5.69 Å². The number of piperidine rings is 1. The average molecular weight is 270 g/mol. The second-order valence-corrected chi connectivity index (χ2v) is 5.98. The third-order valence-corrected chi connectivity index (χ3v) is 4.67.